The molecule has 2 aromatic heterocycles. The summed E-state index contributed by atoms with van der Waals surface area (Å²) < 4.78 is 62.7. The number of halogens is 5. The molecule has 7 nitrogen and oxygen atoms in total. The van der Waals surface area contributed by atoms with Gasteiger partial charge < -0.3 is 0 Å². The lowest BCUT2D eigenvalue weighted by atomic mass is 10.2. The molecule has 0 radical (unpaired) electrons. The zero-order valence-electron chi connectivity index (χ0n) is 12.9. The molecule has 2 heterocycles. The van der Waals surface area contributed by atoms with E-state index in [1.807, 2.05) is 0 Å². The molecule has 1 aromatic carbocycles. The van der Waals surface area contributed by atoms with Crippen LogP contribution in [-0.4, -0.2) is 28.2 Å². The summed E-state index contributed by atoms with van der Waals surface area (Å²) in [6.07, 6.45) is -3.79. The number of aromatic nitrogens is 4. The number of nitrogens with zero attached hydrogens (tertiary/aromatic N) is 4. The number of hydrogen-bond donors (Lipinski definition) is 1. The Morgan fingerprint density at radius 2 is 1.78 bits per heavy atom. The Bertz CT molecular complexity index is 1110. The molecule has 0 bridgehead atoms. The highest BCUT2D eigenvalue weighted by Gasteiger charge is 2.37. The number of hydrogen-bond acceptors (Lipinski definition) is 5. The minimum absolute atomic E-state index is 0.0338. The van der Waals surface area contributed by atoms with Crippen LogP contribution in [0.15, 0.2) is 41.6 Å². The van der Waals surface area contributed by atoms with Crippen LogP contribution < -0.4 is 5.14 Å². The van der Waals surface area contributed by atoms with Crippen LogP contribution >= 0.6 is 23.2 Å². The topological polar surface area (TPSA) is 104 Å². The number of rotatable bonds is 3. The molecule has 0 aliphatic rings. The van der Waals surface area contributed by atoms with Crippen molar-refractivity contribution < 1.29 is 21.6 Å². The third-order valence-corrected chi connectivity index (χ3v) is 4.86. The Hall–Kier alpha value is -2.21. The molecule has 2 N–H and O–H groups in total. The highest BCUT2D eigenvalue weighted by Crippen LogP contribution is 2.32. The fourth-order valence-electron chi connectivity index (χ4n) is 2.10. The monoisotopic (exact) mass is 437 g/mol. The van der Waals surface area contributed by atoms with Crippen molar-refractivity contribution in [3.8, 4) is 17.1 Å². The minimum atomic E-state index is -4.80. The maximum Gasteiger partial charge on any atom is 0.453 e. The van der Waals surface area contributed by atoms with Gasteiger partial charge in [-0.2, -0.15) is 13.2 Å². The number of primary sulfonamides is 1. The normalized spacial score (nSPS) is 12.4. The average molecular weight is 438 g/mol. The summed E-state index contributed by atoms with van der Waals surface area (Å²) >= 11 is 11.8. The van der Waals surface area contributed by atoms with Crippen LogP contribution in [0.1, 0.15) is 5.82 Å². The summed E-state index contributed by atoms with van der Waals surface area (Å²) in [5, 5.41) is 8.29. The van der Waals surface area contributed by atoms with E-state index in [9.17, 15) is 21.6 Å². The highest BCUT2D eigenvalue weighted by atomic mass is 35.5. The molecule has 0 saturated carbocycles. The Morgan fingerprint density at radius 1 is 1.07 bits per heavy atom. The van der Waals surface area contributed by atoms with Gasteiger partial charge in [0.2, 0.25) is 0 Å². The molecule has 0 unspecified atom stereocenters. The molecular weight excluding hydrogens is 430 g/mol. The van der Waals surface area contributed by atoms with Crippen molar-refractivity contribution in [3.05, 3.63) is 52.4 Å². The fourth-order valence-corrected chi connectivity index (χ4v) is 2.86. The van der Waals surface area contributed by atoms with Crippen molar-refractivity contribution in [3.63, 3.8) is 0 Å². The first-order valence-corrected chi connectivity index (χ1v) is 9.26. The lowest BCUT2D eigenvalue weighted by molar-refractivity contribution is -0.144. The maximum absolute atomic E-state index is 13.1. The van der Waals surface area contributed by atoms with Crippen LogP contribution in [0.25, 0.3) is 17.1 Å². The van der Waals surface area contributed by atoms with E-state index in [1.165, 1.54) is 24.3 Å². The molecule has 0 saturated heterocycles. The first-order valence-electron chi connectivity index (χ1n) is 6.96. The van der Waals surface area contributed by atoms with E-state index in [1.54, 1.807) is 0 Å². The number of pyridine rings is 1. The zero-order valence-corrected chi connectivity index (χ0v) is 15.3. The van der Waals surface area contributed by atoms with Crippen molar-refractivity contribution in [2.75, 3.05) is 0 Å². The second-order valence-electron chi connectivity index (χ2n) is 5.20. The predicted octanol–water partition coefficient (Wildman–Crippen LogP) is 3.30. The van der Waals surface area contributed by atoms with E-state index in [-0.39, 0.29) is 27.1 Å². The molecule has 27 heavy (non-hydrogen) atoms. The van der Waals surface area contributed by atoms with Gasteiger partial charge in [-0.05, 0) is 30.3 Å². The van der Waals surface area contributed by atoms with E-state index in [2.05, 4.69) is 15.1 Å². The molecule has 0 amide bonds. The van der Waals surface area contributed by atoms with Crippen LogP contribution in [0.2, 0.25) is 10.0 Å². The first kappa shape index (κ1) is 19.5. The Balaban J connectivity index is 2.19. The SMILES string of the molecule is NS(=O)(=O)c1ccc(-n2nc(C(F)(F)F)nc2-c2ccc(Cl)c(Cl)c2)cn1. The summed E-state index contributed by atoms with van der Waals surface area (Å²) in [6, 6.07) is 6.38. The van der Waals surface area contributed by atoms with Gasteiger partial charge in [-0.1, -0.05) is 23.2 Å². The van der Waals surface area contributed by atoms with Gasteiger partial charge in [-0.15, -0.1) is 5.10 Å². The standard InChI is InChI=1S/C14H8Cl2F3N5O2S/c15-9-3-1-7(5-10(9)16)12-22-13(14(17,18)19)23-24(12)8-2-4-11(21-6-8)27(20,25)26/h1-6H,(H2,20,25,26). The van der Waals surface area contributed by atoms with Gasteiger partial charge in [0.05, 0.1) is 21.9 Å². The number of nitrogens with two attached hydrogens (primary N) is 1. The fraction of sp³-hybridized carbons (Fsp3) is 0.0714. The summed E-state index contributed by atoms with van der Waals surface area (Å²) in [4.78, 5) is 7.16. The summed E-state index contributed by atoms with van der Waals surface area (Å²) in [5.74, 6) is -1.58. The van der Waals surface area contributed by atoms with Crippen molar-refractivity contribution in [1.82, 2.24) is 19.7 Å². The van der Waals surface area contributed by atoms with Crippen molar-refractivity contribution >= 4 is 33.2 Å². The molecule has 0 aliphatic carbocycles. The van der Waals surface area contributed by atoms with Gasteiger partial charge in [-0.25, -0.2) is 28.2 Å². The summed E-state index contributed by atoms with van der Waals surface area (Å²) in [6.45, 7) is 0. The molecule has 0 atom stereocenters. The van der Waals surface area contributed by atoms with Crippen LogP contribution in [-0.2, 0) is 16.2 Å². The van der Waals surface area contributed by atoms with Crippen LogP contribution in [0, 0.1) is 0 Å². The highest BCUT2D eigenvalue weighted by molar-refractivity contribution is 7.89. The Kier molecular flexibility index (Phi) is 4.89. The van der Waals surface area contributed by atoms with Crippen molar-refractivity contribution in [1.29, 1.82) is 0 Å². The zero-order chi connectivity index (χ0) is 20.0. The summed E-state index contributed by atoms with van der Waals surface area (Å²) in [7, 11) is -4.06. The van der Waals surface area contributed by atoms with Gasteiger partial charge in [-0.3, -0.25) is 0 Å². The van der Waals surface area contributed by atoms with Crippen LogP contribution in [0.5, 0.6) is 0 Å². The number of benzene rings is 1. The Labute approximate surface area is 160 Å². The predicted molar refractivity (Wildman–Crippen MR) is 91.0 cm³/mol. The van der Waals surface area contributed by atoms with Gasteiger partial charge in [0, 0.05) is 5.56 Å². The minimum Gasteiger partial charge on any atom is -0.241 e. The van der Waals surface area contributed by atoms with Crippen LogP contribution in [0.4, 0.5) is 13.2 Å². The van der Waals surface area contributed by atoms with E-state index in [4.69, 9.17) is 28.3 Å². The third-order valence-electron chi connectivity index (χ3n) is 3.30. The molecule has 0 aliphatic heterocycles. The molecule has 0 spiro atoms. The summed E-state index contributed by atoms with van der Waals surface area (Å²) in [5.41, 5.74) is 0.245. The number of sulfonamides is 1. The molecule has 142 valence electrons. The largest absolute Gasteiger partial charge is 0.453 e. The molecule has 3 rings (SSSR count). The first-order chi connectivity index (χ1) is 12.5. The Morgan fingerprint density at radius 3 is 2.30 bits per heavy atom. The van der Waals surface area contributed by atoms with Crippen molar-refractivity contribution in [2.24, 2.45) is 5.14 Å². The maximum atomic E-state index is 13.1. The molecule has 3 aromatic rings. The van der Waals surface area contributed by atoms with Gasteiger partial charge in [0.1, 0.15) is 0 Å². The van der Waals surface area contributed by atoms with E-state index < -0.39 is 27.0 Å². The smallest absolute Gasteiger partial charge is 0.241 e. The second-order valence-corrected chi connectivity index (χ2v) is 7.52. The molecule has 13 heteroatoms. The van der Waals surface area contributed by atoms with Crippen molar-refractivity contribution in [2.45, 2.75) is 11.2 Å². The quantitative estimate of drug-likeness (QED) is 0.676. The molecular formula is C14H8Cl2F3N5O2S. The van der Waals surface area contributed by atoms with Gasteiger partial charge >= 0.3 is 6.18 Å². The van der Waals surface area contributed by atoms with E-state index >= 15 is 0 Å². The number of alkyl halides is 3. The van der Waals surface area contributed by atoms with E-state index in [0.717, 1.165) is 16.9 Å². The lowest BCUT2D eigenvalue weighted by Crippen LogP contribution is -2.14. The lowest BCUT2D eigenvalue weighted by Gasteiger charge is -2.07. The third kappa shape index (κ3) is 4.05. The average Bonchev–Trinajstić information content (AvgIpc) is 3.02. The molecule has 0 fully saturated rings. The van der Waals surface area contributed by atoms with E-state index in [0.29, 0.717) is 0 Å². The van der Waals surface area contributed by atoms with Gasteiger partial charge in [0.15, 0.2) is 10.9 Å². The van der Waals surface area contributed by atoms with Crippen LogP contribution in [0.3, 0.4) is 0 Å². The van der Waals surface area contributed by atoms with Gasteiger partial charge in [0.25, 0.3) is 15.8 Å². The second kappa shape index (κ2) is 6.75.